The fourth-order valence-corrected chi connectivity index (χ4v) is 3.79. The molecule has 0 aliphatic carbocycles. The van der Waals surface area contributed by atoms with Crippen molar-refractivity contribution in [3.8, 4) is 22.4 Å². The lowest BCUT2D eigenvalue weighted by molar-refractivity contribution is 0.102. The van der Waals surface area contributed by atoms with Gasteiger partial charge in [-0.15, -0.1) is 0 Å². The monoisotopic (exact) mass is 491 g/mol. The minimum absolute atomic E-state index is 0.0160. The van der Waals surface area contributed by atoms with Crippen LogP contribution in [0.4, 0.5) is 10.1 Å². The SMILES string of the molecule is CCn1nc(-c2ccccc2)c(-c2ccccc2)c(C(=O)Nc2ccc(Br)cc2F)c1=O. The molecular formula is C25H19BrFN3O2. The second kappa shape index (κ2) is 9.28. The first-order chi connectivity index (χ1) is 15.5. The standard InChI is InChI=1S/C25H19BrFN3O2/c1-2-30-25(32)22(24(31)28-20-14-13-18(26)15-19(20)27)21(16-9-5-3-6-10-16)23(29-30)17-11-7-4-8-12-17/h3-15H,2H2,1H3,(H,28,31). The average Bonchev–Trinajstić information content (AvgIpc) is 2.81. The van der Waals surface area contributed by atoms with Gasteiger partial charge in [0.15, 0.2) is 0 Å². The summed E-state index contributed by atoms with van der Waals surface area (Å²) in [6.45, 7) is 2.06. The van der Waals surface area contributed by atoms with Crippen molar-refractivity contribution in [3.63, 3.8) is 0 Å². The Balaban J connectivity index is 1.98. The largest absolute Gasteiger partial charge is 0.319 e. The van der Waals surface area contributed by atoms with E-state index in [-0.39, 0.29) is 17.8 Å². The van der Waals surface area contributed by atoms with E-state index in [2.05, 4.69) is 26.3 Å². The van der Waals surface area contributed by atoms with Gasteiger partial charge in [0.05, 0.1) is 11.4 Å². The molecule has 5 nitrogen and oxygen atoms in total. The first-order valence-corrected chi connectivity index (χ1v) is 10.8. The Kier molecular flexibility index (Phi) is 6.28. The summed E-state index contributed by atoms with van der Waals surface area (Å²) >= 11 is 3.20. The third-order valence-corrected chi connectivity index (χ3v) is 5.46. The van der Waals surface area contributed by atoms with Crippen molar-refractivity contribution in [1.82, 2.24) is 9.78 Å². The third-order valence-electron chi connectivity index (χ3n) is 4.97. The van der Waals surface area contributed by atoms with Crippen LogP contribution in [0.2, 0.25) is 0 Å². The Morgan fingerprint density at radius 3 is 2.22 bits per heavy atom. The number of aromatic nitrogens is 2. The fourth-order valence-electron chi connectivity index (χ4n) is 3.46. The zero-order valence-corrected chi connectivity index (χ0v) is 18.8. The highest BCUT2D eigenvalue weighted by Crippen LogP contribution is 2.32. The van der Waals surface area contributed by atoms with Gasteiger partial charge >= 0.3 is 0 Å². The van der Waals surface area contributed by atoms with Gasteiger partial charge in [-0.3, -0.25) is 9.59 Å². The lowest BCUT2D eigenvalue weighted by Crippen LogP contribution is -2.32. The maximum Gasteiger partial charge on any atom is 0.280 e. The highest BCUT2D eigenvalue weighted by atomic mass is 79.9. The Morgan fingerprint density at radius 2 is 1.62 bits per heavy atom. The van der Waals surface area contributed by atoms with E-state index in [0.29, 0.717) is 21.3 Å². The van der Waals surface area contributed by atoms with Crippen molar-refractivity contribution in [3.05, 3.63) is 105 Å². The maximum atomic E-state index is 14.4. The number of amides is 1. The van der Waals surface area contributed by atoms with Crippen LogP contribution in [-0.4, -0.2) is 15.7 Å². The molecule has 0 aliphatic heterocycles. The predicted octanol–water partition coefficient (Wildman–Crippen LogP) is 5.75. The molecule has 1 heterocycles. The number of benzene rings is 3. The molecule has 0 unspecified atom stereocenters. The topological polar surface area (TPSA) is 64.0 Å². The number of hydrogen-bond acceptors (Lipinski definition) is 3. The Morgan fingerprint density at radius 1 is 1.00 bits per heavy atom. The van der Waals surface area contributed by atoms with E-state index in [0.717, 1.165) is 5.56 Å². The Labute approximate surface area is 192 Å². The summed E-state index contributed by atoms with van der Waals surface area (Å²) in [6.07, 6.45) is 0. The highest BCUT2D eigenvalue weighted by Gasteiger charge is 2.25. The molecule has 0 aliphatic rings. The van der Waals surface area contributed by atoms with Gasteiger partial charge in [0.25, 0.3) is 11.5 Å². The van der Waals surface area contributed by atoms with Crippen LogP contribution in [0.1, 0.15) is 17.3 Å². The van der Waals surface area contributed by atoms with E-state index in [4.69, 9.17) is 0 Å². The molecule has 0 atom stereocenters. The number of carbonyl (C=O) groups excluding carboxylic acids is 1. The van der Waals surface area contributed by atoms with Crippen LogP contribution in [0.5, 0.6) is 0 Å². The van der Waals surface area contributed by atoms with Crippen LogP contribution in [0.25, 0.3) is 22.4 Å². The number of anilines is 1. The molecule has 4 aromatic rings. The maximum absolute atomic E-state index is 14.4. The van der Waals surface area contributed by atoms with Gasteiger partial charge in [0.2, 0.25) is 0 Å². The van der Waals surface area contributed by atoms with Crippen molar-refractivity contribution in [2.24, 2.45) is 0 Å². The number of nitrogens with zero attached hydrogens (tertiary/aromatic N) is 2. The van der Waals surface area contributed by atoms with Gasteiger partial charge in [-0.25, -0.2) is 9.07 Å². The smallest absolute Gasteiger partial charge is 0.280 e. The zero-order chi connectivity index (χ0) is 22.7. The lowest BCUT2D eigenvalue weighted by Gasteiger charge is -2.17. The number of hydrogen-bond donors (Lipinski definition) is 1. The van der Waals surface area contributed by atoms with Crippen LogP contribution in [0.3, 0.4) is 0 Å². The highest BCUT2D eigenvalue weighted by molar-refractivity contribution is 9.10. The zero-order valence-electron chi connectivity index (χ0n) is 17.2. The molecule has 0 radical (unpaired) electrons. The molecule has 160 valence electrons. The van der Waals surface area contributed by atoms with Crippen molar-refractivity contribution < 1.29 is 9.18 Å². The molecule has 0 saturated heterocycles. The van der Waals surface area contributed by atoms with Crippen molar-refractivity contribution in [2.75, 3.05) is 5.32 Å². The molecule has 0 spiro atoms. The minimum atomic E-state index is -0.697. The molecule has 1 N–H and O–H groups in total. The first kappa shape index (κ1) is 21.6. The number of rotatable bonds is 5. The molecule has 0 fully saturated rings. The minimum Gasteiger partial charge on any atom is -0.319 e. The number of aryl methyl sites for hydroxylation is 1. The summed E-state index contributed by atoms with van der Waals surface area (Å²) in [5.41, 5.74) is 1.69. The first-order valence-electron chi connectivity index (χ1n) is 10.0. The average molecular weight is 492 g/mol. The van der Waals surface area contributed by atoms with Crippen molar-refractivity contribution >= 4 is 27.5 Å². The van der Waals surface area contributed by atoms with Crippen molar-refractivity contribution in [1.29, 1.82) is 0 Å². The molecule has 0 bridgehead atoms. The van der Waals surface area contributed by atoms with E-state index < -0.39 is 17.3 Å². The van der Waals surface area contributed by atoms with E-state index in [1.165, 1.54) is 16.8 Å². The van der Waals surface area contributed by atoms with Crippen LogP contribution in [-0.2, 0) is 6.54 Å². The van der Waals surface area contributed by atoms with Gasteiger partial charge in [0.1, 0.15) is 11.4 Å². The molecule has 0 saturated carbocycles. The number of halogens is 2. The van der Waals surface area contributed by atoms with Gasteiger partial charge in [-0.05, 0) is 30.7 Å². The number of carbonyl (C=O) groups is 1. The molecule has 32 heavy (non-hydrogen) atoms. The van der Waals surface area contributed by atoms with E-state index in [1.54, 1.807) is 13.0 Å². The summed E-state index contributed by atoms with van der Waals surface area (Å²) in [5, 5.41) is 7.12. The van der Waals surface area contributed by atoms with Gasteiger partial charge in [-0.1, -0.05) is 76.6 Å². The van der Waals surface area contributed by atoms with Gasteiger partial charge < -0.3 is 5.32 Å². The van der Waals surface area contributed by atoms with Crippen LogP contribution < -0.4 is 10.9 Å². The van der Waals surface area contributed by atoms with Crippen LogP contribution in [0.15, 0.2) is 88.1 Å². The quantitative estimate of drug-likeness (QED) is 0.386. The molecular weight excluding hydrogens is 473 g/mol. The predicted molar refractivity (Wildman–Crippen MR) is 127 cm³/mol. The second-order valence-corrected chi connectivity index (χ2v) is 7.95. The Bertz CT molecular complexity index is 1340. The summed E-state index contributed by atoms with van der Waals surface area (Å²) in [5.74, 6) is -1.31. The molecule has 7 heteroatoms. The Hall–Kier alpha value is -3.58. The summed E-state index contributed by atoms with van der Waals surface area (Å²) in [6, 6.07) is 22.8. The summed E-state index contributed by atoms with van der Waals surface area (Å²) < 4.78 is 16.2. The molecule has 3 aromatic carbocycles. The van der Waals surface area contributed by atoms with Crippen LogP contribution in [0, 0.1) is 5.82 Å². The van der Waals surface area contributed by atoms with Crippen molar-refractivity contribution in [2.45, 2.75) is 13.5 Å². The normalized spacial score (nSPS) is 10.7. The third kappa shape index (κ3) is 4.24. The van der Waals surface area contributed by atoms with E-state index >= 15 is 0 Å². The number of nitrogens with one attached hydrogen (secondary N) is 1. The molecule has 1 amide bonds. The van der Waals surface area contributed by atoms with E-state index in [9.17, 15) is 14.0 Å². The van der Waals surface area contributed by atoms with Gasteiger partial charge in [0, 0.05) is 22.1 Å². The molecule has 1 aromatic heterocycles. The van der Waals surface area contributed by atoms with Gasteiger partial charge in [-0.2, -0.15) is 5.10 Å². The second-order valence-electron chi connectivity index (χ2n) is 7.03. The lowest BCUT2D eigenvalue weighted by atomic mass is 9.95. The fraction of sp³-hybridized carbons (Fsp3) is 0.0800. The van der Waals surface area contributed by atoms with Crippen LogP contribution >= 0.6 is 15.9 Å². The summed E-state index contributed by atoms with van der Waals surface area (Å²) in [4.78, 5) is 26.7. The molecule has 4 rings (SSSR count). The van der Waals surface area contributed by atoms with E-state index in [1.807, 2.05) is 60.7 Å². The summed E-state index contributed by atoms with van der Waals surface area (Å²) in [7, 11) is 0.